The number of amides is 12. The van der Waals surface area contributed by atoms with Crippen molar-refractivity contribution in [2.45, 2.75) is 0 Å². The van der Waals surface area contributed by atoms with Crippen LogP contribution in [-0.2, 0) is 181 Å². The van der Waals surface area contributed by atoms with Gasteiger partial charge in [0.1, 0.15) is 79.3 Å². The van der Waals surface area contributed by atoms with Crippen LogP contribution in [-0.4, -0.2) is 394 Å². The molecule has 0 atom stereocenters. The second-order valence-corrected chi connectivity index (χ2v) is 22.4. The molecule has 0 bridgehead atoms. The SMILES string of the molecule is C=C1OCCOC(=O)C(=O)OCCOC(=O)C(=O)OCCOC(=O)C(=O)OCCOC1=C.O=C1NCCNC(=O)C(=O)NCCNC(=O)C(=O)NCCNC(=O)C(=O)NCCNC1=O.O=C1NCCNCCNCCNC(=O)C(=O)NCCNCCNCCNC1=O.O=C1OCCOCCOCCOC(=O)C(=O)OCCOCCOCCOC1=O. The standard InChI is InChI=1S/C18H20O14.C16H24N8O8.C16H32N8O4.C16H24O12/c1-11-12(2)26-4-6-28-14(20)16(22)30-8-10-32-18(24)17(23)31-9-7-29-15(21)13(19)27-5-3-25-11;25-9-10(26)19-3-4-21-13(29)14(30)23-7-8-24-16(32)15(31)22-6-5-20-12(28)11(27)18-2-1-17-9;25-13-14(26)23-11-7-19-3-4-20-8-12-24-16(28)15(27)22-10-6-18-2-1-17-5-9-21-13;17-13-14(18)27-11-7-23-3-4-24-8-12-28-16(20)15(19)26-10-6-22-2-1-21-5-9-25-13/h1-10H2;1-8H2,(H,17,25)(H,18,27)(H,19,26)(H,20,28)(H,21,29)(H,22,31)(H,23,30)(H,24,32);17-20H,1-12H2,(H,21,25)(H,22,27)(H,23,26)(H,24,28);1-12H2. The smallest absolute Gasteiger partial charge is 0.417 e. The molecule has 672 valence electrons. The van der Waals surface area contributed by atoms with Gasteiger partial charge in [-0.05, 0) is 0 Å². The van der Waals surface area contributed by atoms with Crippen LogP contribution in [0.4, 0.5) is 0 Å². The summed E-state index contributed by atoms with van der Waals surface area (Å²) in [6, 6.07) is 0. The molecule has 12 amide bonds. The number of cyclic esters (lactones) is 10. The van der Waals surface area contributed by atoms with E-state index in [0.717, 1.165) is 0 Å². The normalized spacial score (nSPS) is 20.4. The molecule has 0 saturated carbocycles. The monoisotopic (exact) mass is 1720 g/mol. The quantitative estimate of drug-likeness (QED) is 0.0608. The fraction of sp³-hybridized carbons (Fsp3) is 0.606. The summed E-state index contributed by atoms with van der Waals surface area (Å²) in [4.78, 5) is 253. The highest BCUT2D eigenvalue weighted by Gasteiger charge is 2.25. The predicted octanol–water partition coefficient (Wildman–Crippen LogP) is -15.7. The number of esters is 10. The van der Waals surface area contributed by atoms with E-state index < -0.39 is 157 Å². The van der Waals surface area contributed by atoms with Crippen LogP contribution in [0.1, 0.15) is 0 Å². The van der Waals surface area contributed by atoms with E-state index in [0.29, 0.717) is 78.5 Å². The zero-order chi connectivity index (χ0) is 88.8. The average Bonchev–Trinajstić information content (AvgIpc) is 0.942. The van der Waals surface area contributed by atoms with Gasteiger partial charge in [-0.1, -0.05) is 13.2 Å². The molecule has 4 fully saturated rings. The zero-order valence-electron chi connectivity index (χ0n) is 65.2. The Bertz CT molecular complexity index is 2640. The molecule has 4 aliphatic heterocycles. The van der Waals surface area contributed by atoms with Crippen molar-refractivity contribution in [3.05, 3.63) is 24.7 Å². The predicted molar refractivity (Wildman–Crippen MR) is 391 cm³/mol. The average molecular weight is 1730 g/mol. The topological polar surface area (TPSA) is 716 Å². The highest BCUT2D eigenvalue weighted by atomic mass is 16.7. The summed E-state index contributed by atoms with van der Waals surface area (Å²) in [5.41, 5.74) is 0. The summed E-state index contributed by atoms with van der Waals surface area (Å²) in [5.74, 6) is -23.3. The molecule has 16 N–H and O–H groups in total. The lowest BCUT2D eigenvalue weighted by Gasteiger charge is -2.13. The maximum absolute atomic E-state index is 11.6. The van der Waals surface area contributed by atoms with Crippen molar-refractivity contribution in [1.29, 1.82) is 0 Å². The Morgan fingerprint density at radius 1 is 0.142 bits per heavy atom. The lowest BCUT2D eigenvalue weighted by Crippen LogP contribution is -2.49. The minimum atomic E-state index is -1.43. The van der Waals surface area contributed by atoms with E-state index in [4.69, 9.17) is 28.4 Å². The molecule has 4 heterocycles. The first-order chi connectivity index (χ1) is 57.7. The Labute approximate surface area is 682 Å². The minimum Gasteiger partial charge on any atom is -0.487 e. The summed E-state index contributed by atoms with van der Waals surface area (Å²) in [6.45, 7) is 9.25. The van der Waals surface area contributed by atoms with Crippen molar-refractivity contribution < 1.29 is 181 Å². The highest BCUT2D eigenvalue weighted by Crippen LogP contribution is 2.09. The number of hydrogen-bond acceptors (Lipinski definition) is 42. The maximum atomic E-state index is 11.6. The van der Waals surface area contributed by atoms with Gasteiger partial charge in [0.25, 0.3) is 0 Å². The molecular weight excluding hydrogens is 1620 g/mol. The number of carbonyl (C=O) groups excluding carboxylic acids is 22. The molecule has 0 spiro atoms. The number of nitrogens with one attached hydrogen (secondary N) is 16. The van der Waals surface area contributed by atoms with Crippen LogP contribution >= 0.6 is 0 Å². The molecule has 4 rings (SSSR count). The summed E-state index contributed by atoms with van der Waals surface area (Å²) in [5, 5.41) is 40.3. The van der Waals surface area contributed by atoms with E-state index in [9.17, 15) is 105 Å². The van der Waals surface area contributed by atoms with Gasteiger partial charge in [0, 0.05) is 131 Å². The highest BCUT2D eigenvalue weighted by molar-refractivity contribution is 6.38. The van der Waals surface area contributed by atoms with E-state index in [-0.39, 0.29) is 170 Å². The van der Waals surface area contributed by atoms with E-state index in [1.165, 1.54) is 0 Å². The molecule has 54 nitrogen and oxygen atoms in total. The summed E-state index contributed by atoms with van der Waals surface area (Å²) in [7, 11) is 0. The van der Waals surface area contributed by atoms with Gasteiger partial charge in [0.15, 0.2) is 11.5 Å². The molecule has 120 heavy (non-hydrogen) atoms. The van der Waals surface area contributed by atoms with Crippen LogP contribution in [0.5, 0.6) is 0 Å². The van der Waals surface area contributed by atoms with Crippen LogP contribution < -0.4 is 85.1 Å². The largest absolute Gasteiger partial charge is 0.487 e. The lowest BCUT2D eigenvalue weighted by molar-refractivity contribution is -0.174. The maximum Gasteiger partial charge on any atom is 0.417 e. The first kappa shape index (κ1) is 105. The van der Waals surface area contributed by atoms with E-state index in [1.54, 1.807) is 0 Å². The third kappa shape index (κ3) is 55.6. The van der Waals surface area contributed by atoms with E-state index in [2.05, 4.69) is 146 Å². The number of ether oxygens (including phenoxy) is 16. The van der Waals surface area contributed by atoms with Gasteiger partial charge < -0.3 is 161 Å². The van der Waals surface area contributed by atoms with Crippen LogP contribution in [0, 0.1) is 0 Å². The van der Waals surface area contributed by atoms with Crippen molar-refractivity contribution in [3.63, 3.8) is 0 Å². The number of rotatable bonds is 0. The van der Waals surface area contributed by atoms with Gasteiger partial charge in [0.05, 0.1) is 52.9 Å². The second-order valence-electron chi connectivity index (χ2n) is 22.4. The van der Waals surface area contributed by atoms with Crippen LogP contribution in [0.15, 0.2) is 24.7 Å². The summed E-state index contributed by atoms with van der Waals surface area (Å²) in [6.07, 6.45) is 0. The Morgan fingerprint density at radius 2 is 0.242 bits per heavy atom. The molecule has 4 aliphatic rings. The van der Waals surface area contributed by atoms with Crippen molar-refractivity contribution in [3.8, 4) is 0 Å². The molecule has 0 aromatic carbocycles. The molecule has 0 aromatic heterocycles. The third-order valence-electron chi connectivity index (χ3n) is 13.3. The summed E-state index contributed by atoms with van der Waals surface area (Å²) >= 11 is 0. The lowest BCUT2D eigenvalue weighted by atomic mass is 10.4. The van der Waals surface area contributed by atoms with E-state index >= 15 is 0 Å². The molecule has 0 aromatic rings. The minimum absolute atomic E-state index is 0.0276. The molecular formula is C66H100N16O38. The molecule has 4 saturated heterocycles. The van der Waals surface area contributed by atoms with Crippen LogP contribution in [0.25, 0.3) is 0 Å². The van der Waals surface area contributed by atoms with Crippen LogP contribution in [0.3, 0.4) is 0 Å². The summed E-state index contributed by atoms with van der Waals surface area (Å²) < 4.78 is 76.5. The van der Waals surface area contributed by atoms with Crippen molar-refractivity contribution in [2.75, 3.05) is 263 Å². The van der Waals surface area contributed by atoms with Gasteiger partial charge in [-0.15, -0.1) is 0 Å². The Hall–Kier alpha value is -12.9. The Morgan fingerprint density at radius 3 is 0.383 bits per heavy atom. The first-order valence-corrected chi connectivity index (χ1v) is 36.5. The van der Waals surface area contributed by atoms with Gasteiger partial charge in [-0.2, -0.15) is 0 Å². The third-order valence-corrected chi connectivity index (χ3v) is 13.3. The number of carbonyl (C=O) groups is 22. The molecule has 0 unspecified atom stereocenters. The van der Waals surface area contributed by atoms with Gasteiger partial charge in [-0.3, -0.25) is 57.5 Å². The van der Waals surface area contributed by atoms with Gasteiger partial charge >= 0.3 is 131 Å². The molecule has 54 heteroatoms. The Balaban J connectivity index is 0.000000802. The molecule has 0 aliphatic carbocycles. The fourth-order valence-electron chi connectivity index (χ4n) is 7.59. The van der Waals surface area contributed by atoms with Crippen molar-refractivity contribution >= 4 is 131 Å². The van der Waals surface area contributed by atoms with Crippen molar-refractivity contribution in [1.82, 2.24) is 85.1 Å². The van der Waals surface area contributed by atoms with Gasteiger partial charge in [-0.25, -0.2) is 47.9 Å². The van der Waals surface area contributed by atoms with Gasteiger partial charge in [0.2, 0.25) is 0 Å². The Kier molecular flexibility index (Phi) is 59.7. The fourth-order valence-corrected chi connectivity index (χ4v) is 7.59. The van der Waals surface area contributed by atoms with Crippen LogP contribution in [0.2, 0.25) is 0 Å². The van der Waals surface area contributed by atoms with E-state index in [1.807, 2.05) is 0 Å². The second kappa shape index (κ2) is 68.2. The number of hydrogen-bond donors (Lipinski definition) is 16. The first-order valence-electron chi connectivity index (χ1n) is 36.5. The van der Waals surface area contributed by atoms with Crippen molar-refractivity contribution in [2.24, 2.45) is 0 Å². The zero-order valence-corrected chi connectivity index (χ0v) is 65.2. The molecule has 0 radical (unpaired) electrons.